The maximum absolute atomic E-state index is 5.42. The third kappa shape index (κ3) is 0.998. The van der Waals surface area contributed by atoms with Crippen LogP contribution in [0.4, 0.5) is 0 Å². The minimum Gasteiger partial charge on any atom is -0.441 e. The Labute approximate surface area is 71.2 Å². The Kier molecular flexibility index (Phi) is 1.43. The van der Waals surface area contributed by atoms with Crippen LogP contribution < -0.4 is 0 Å². The highest BCUT2D eigenvalue weighted by molar-refractivity contribution is 5.77. The number of oxazole rings is 1. The number of hydrogen-bond donors (Lipinski definition) is 0. The van der Waals surface area contributed by atoms with E-state index in [1.54, 1.807) is 0 Å². The van der Waals surface area contributed by atoms with Crippen LogP contribution in [0.3, 0.4) is 0 Å². The Morgan fingerprint density at radius 1 is 1.17 bits per heavy atom. The molecule has 0 N–H and O–H groups in total. The van der Waals surface area contributed by atoms with Gasteiger partial charge in [-0.15, -0.1) is 0 Å². The highest BCUT2D eigenvalue weighted by Gasteiger charge is 2.04. The van der Waals surface area contributed by atoms with Crippen molar-refractivity contribution in [2.24, 2.45) is 0 Å². The highest BCUT2D eigenvalue weighted by Crippen LogP contribution is 2.20. The predicted octanol–water partition coefficient (Wildman–Crippen LogP) is 2.75. The summed E-state index contributed by atoms with van der Waals surface area (Å²) in [4.78, 5) is 4.29. The lowest BCUT2D eigenvalue weighted by molar-refractivity contribution is 0.561. The normalized spacial score (nSPS) is 10.9. The van der Waals surface area contributed by atoms with E-state index in [0.717, 1.165) is 17.0 Å². The van der Waals surface area contributed by atoms with Gasteiger partial charge in [-0.3, -0.25) is 0 Å². The van der Waals surface area contributed by atoms with E-state index < -0.39 is 0 Å². The van der Waals surface area contributed by atoms with Gasteiger partial charge in [0.2, 0.25) is 0 Å². The molecule has 0 aliphatic heterocycles. The summed E-state index contributed by atoms with van der Waals surface area (Å²) in [6.07, 6.45) is 0. The Morgan fingerprint density at radius 2 is 1.92 bits per heavy atom. The first-order valence-corrected chi connectivity index (χ1v) is 4.01. The molecule has 0 bridgehead atoms. The van der Waals surface area contributed by atoms with Gasteiger partial charge in [-0.2, -0.15) is 0 Å². The molecule has 2 rings (SSSR count). The zero-order chi connectivity index (χ0) is 8.72. The van der Waals surface area contributed by atoms with Crippen LogP contribution in [0.1, 0.15) is 17.0 Å². The van der Waals surface area contributed by atoms with E-state index in [1.807, 2.05) is 13.0 Å². The number of aromatic nitrogens is 1. The number of aryl methyl sites for hydroxylation is 3. The van der Waals surface area contributed by atoms with E-state index in [0.29, 0.717) is 0 Å². The van der Waals surface area contributed by atoms with Crippen LogP contribution in [0.25, 0.3) is 11.1 Å². The molecule has 0 amide bonds. The highest BCUT2D eigenvalue weighted by atomic mass is 16.3. The molecule has 0 unspecified atom stereocenters. The fraction of sp³-hybridized carbons (Fsp3) is 0.300. The first kappa shape index (κ1) is 7.35. The van der Waals surface area contributed by atoms with E-state index >= 15 is 0 Å². The smallest absolute Gasteiger partial charge is 0.192 e. The van der Waals surface area contributed by atoms with Gasteiger partial charge in [-0.1, -0.05) is 6.07 Å². The van der Waals surface area contributed by atoms with Crippen molar-refractivity contribution in [3.8, 4) is 0 Å². The Morgan fingerprint density at radius 3 is 2.67 bits per heavy atom. The topological polar surface area (TPSA) is 26.0 Å². The van der Waals surface area contributed by atoms with Crippen LogP contribution in [0, 0.1) is 20.8 Å². The van der Waals surface area contributed by atoms with Crippen LogP contribution in [0.2, 0.25) is 0 Å². The molecule has 0 saturated heterocycles. The molecular formula is C10H11NO. The van der Waals surface area contributed by atoms with Gasteiger partial charge in [0.1, 0.15) is 5.52 Å². The lowest BCUT2D eigenvalue weighted by Gasteiger charge is -1.94. The van der Waals surface area contributed by atoms with Crippen molar-refractivity contribution in [1.29, 1.82) is 0 Å². The Balaban J connectivity index is 2.88. The molecule has 1 aromatic carbocycles. The molecule has 2 heteroatoms. The van der Waals surface area contributed by atoms with Crippen molar-refractivity contribution in [2.75, 3.05) is 0 Å². The third-order valence-corrected chi connectivity index (χ3v) is 1.94. The minimum absolute atomic E-state index is 0.735. The van der Waals surface area contributed by atoms with Gasteiger partial charge < -0.3 is 4.42 Å². The van der Waals surface area contributed by atoms with Gasteiger partial charge in [0.15, 0.2) is 11.5 Å². The number of benzene rings is 1. The Hall–Kier alpha value is -1.31. The Bertz CT molecular complexity index is 429. The molecule has 0 fully saturated rings. The van der Waals surface area contributed by atoms with Crippen LogP contribution in [0.5, 0.6) is 0 Å². The average molecular weight is 161 g/mol. The molecule has 0 aliphatic carbocycles. The summed E-state index contributed by atoms with van der Waals surface area (Å²) in [5, 5.41) is 0. The number of hydrogen-bond acceptors (Lipinski definition) is 2. The van der Waals surface area contributed by atoms with Crippen molar-refractivity contribution in [1.82, 2.24) is 4.98 Å². The monoisotopic (exact) mass is 161 g/mol. The molecule has 0 atom stereocenters. The van der Waals surface area contributed by atoms with Crippen molar-refractivity contribution in [3.05, 3.63) is 29.2 Å². The van der Waals surface area contributed by atoms with Gasteiger partial charge in [0, 0.05) is 6.92 Å². The van der Waals surface area contributed by atoms with Gasteiger partial charge in [-0.25, -0.2) is 4.98 Å². The molecule has 0 aliphatic rings. The number of nitrogens with zero attached hydrogens (tertiary/aromatic N) is 1. The average Bonchev–Trinajstić information content (AvgIpc) is 2.29. The van der Waals surface area contributed by atoms with Crippen molar-refractivity contribution < 1.29 is 4.42 Å². The van der Waals surface area contributed by atoms with Crippen LogP contribution in [-0.2, 0) is 0 Å². The summed E-state index contributed by atoms with van der Waals surface area (Å²) in [7, 11) is 0. The largest absolute Gasteiger partial charge is 0.441 e. The van der Waals surface area contributed by atoms with Gasteiger partial charge in [-0.05, 0) is 31.0 Å². The summed E-state index contributed by atoms with van der Waals surface area (Å²) in [5.74, 6) is 0.735. The SMILES string of the molecule is Cc1cc(C)c2nc(C)oc2c1. The lowest BCUT2D eigenvalue weighted by atomic mass is 10.1. The molecule has 62 valence electrons. The second-order valence-corrected chi connectivity index (χ2v) is 3.16. The quantitative estimate of drug-likeness (QED) is 0.593. The van der Waals surface area contributed by atoms with E-state index in [9.17, 15) is 0 Å². The molecular weight excluding hydrogens is 150 g/mol. The van der Waals surface area contributed by atoms with E-state index in [4.69, 9.17) is 4.42 Å². The number of fused-ring (bicyclic) bond motifs is 1. The van der Waals surface area contributed by atoms with E-state index in [2.05, 4.69) is 24.9 Å². The summed E-state index contributed by atoms with van der Waals surface area (Å²) in [6.45, 7) is 5.98. The summed E-state index contributed by atoms with van der Waals surface area (Å²) in [6, 6.07) is 4.13. The molecule has 1 aromatic heterocycles. The summed E-state index contributed by atoms with van der Waals surface area (Å²) >= 11 is 0. The molecule has 12 heavy (non-hydrogen) atoms. The number of rotatable bonds is 0. The molecule has 0 spiro atoms. The molecule has 0 saturated carbocycles. The predicted molar refractivity (Wildman–Crippen MR) is 48.2 cm³/mol. The van der Waals surface area contributed by atoms with E-state index in [1.165, 1.54) is 11.1 Å². The second kappa shape index (κ2) is 2.34. The van der Waals surface area contributed by atoms with Gasteiger partial charge in [0.05, 0.1) is 0 Å². The summed E-state index contributed by atoms with van der Waals surface area (Å²) < 4.78 is 5.42. The van der Waals surface area contributed by atoms with Crippen molar-refractivity contribution in [3.63, 3.8) is 0 Å². The maximum Gasteiger partial charge on any atom is 0.192 e. The lowest BCUT2D eigenvalue weighted by Crippen LogP contribution is -1.78. The van der Waals surface area contributed by atoms with E-state index in [-0.39, 0.29) is 0 Å². The molecule has 0 radical (unpaired) electrons. The zero-order valence-corrected chi connectivity index (χ0v) is 7.51. The maximum atomic E-state index is 5.42. The first-order valence-electron chi connectivity index (χ1n) is 4.01. The molecule has 2 aromatic rings. The zero-order valence-electron chi connectivity index (χ0n) is 7.51. The molecule has 2 nitrogen and oxygen atoms in total. The van der Waals surface area contributed by atoms with Crippen molar-refractivity contribution in [2.45, 2.75) is 20.8 Å². The van der Waals surface area contributed by atoms with Crippen LogP contribution in [-0.4, -0.2) is 4.98 Å². The summed E-state index contributed by atoms with van der Waals surface area (Å²) in [5.41, 5.74) is 4.28. The fourth-order valence-corrected chi connectivity index (χ4v) is 1.48. The first-order chi connectivity index (χ1) is 5.66. The van der Waals surface area contributed by atoms with Crippen LogP contribution >= 0.6 is 0 Å². The minimum atomic E-state index is 0.735. The molecule has 1 heterocycles. The fourth-order valence-electron chi connectivity index (χ4n) is 1.48. The third-order valence-electron chi connectivity index (χ3n) is 1.94. The van der Waals surface area contributed by atoms with Crippen molar-refractivity contribution >= 4 is 11.1 Å². The van der Waals surface area contributed by atoms with Gasteiger partial charge in [0.25, 0.3) is 0 Å². The standard InChI is InChI=1S/C10H11NO/c1-6-4-7(2)10-9(5-6)12-8(3)11-10/h4-5H,1-3H3. The van der Waals surface area contributed by atoms with Gasteiger partial charge >= 0.3 is 0 Å². The van der Waals surface area contributed by atoms with Crippen LogP contribution in [0.15, 0.2) is 16.5 Å². The second-order valence-electron chi connectivity index (χ2n) is 3.16.